The number of hydrogen-bond acceptors (Lipinski definition) is 4. The molecule has 7 heteroatoms. The van der Waals surface area contributed by atoms with E-state index in [1.807, 2.05) is 25.1 Å². The summed E-state index contributed by atoms with van der Waals surface area (Å²) >= 11 is 0. The normalized spacial score (nSPS) is 16.9. The summed E-state index contributed by atoms with van der Waals surface area (Å²) in [6.45, 7) is 2.24. The summed E-state index contributed by atoms with van der Waals surface area (Å²) in [7, 11) is -0.622. The first-order chi connectivity index (χ1) is 19.0. The van der Waals surface area contributed by atoms with E-state index in [9.17, 15) is 9.59 Å². The lowest BCUT2D eigenvalue weighted by atomic mass is 9.72. The zero-order valence-electron chi connectivity index (χ0n) is 21.7. The number of allylic oxidation sites excluding steroid dienone is 1. The van der Waals surface area contributed by atoms with Crippen molar-refractivity contribution in [1.29, 1.82) is 0 Å². The maximum absolute atomic E-state index is 12.6. The van der Waals surface area contributed by atoms with Crippen molar-refractivity contribution >= 4 is 31.2 Å². The monoisotopic (exact) mass is 538 g/mol. The van der Waals surface area contributed by atoms with Crippen molar-refractivity contribution in [2.24, 2.45) is 0 Å². The van der Waals surface area contributed by atoms with Crippen molar-refractivity contribution in [2.45, 2.75) is 18.8 Å². The van der Waals surface area contributed by atoms with Crippen LogP contribution in [-0.4, -0.2) is 40.0 Å². The summed E-state index contributed by atoms with van der Waals surface area (Å²) in [5.41, 5.74) is 2.92. The molecule has 0 bridgehead atoms. The van der Waals surface area contributed by atoms with Gasteiger partial charge >= 0.3 is 11.9 Å². The number of aromatic amines is 1. The van der Waals surface area contributed by atoms with Crippen LogP contribution in [0.2, 0.25) is 0 Å². The molecule has 1 aromatic heterocycles. The minimum atomic E-state index is -0.957. The average molecular weight is 539 g/mol. The summed E-state index contributed by atoms with van der Waals surface area (Å²) < 4.78 is 5.35. The van der Waals surface area contributed by atoms with Gasteiger partial charge in [-0.2, -0.15) is 5.10 Å². The molecule has 2 heterocycles. The van der Waals surface area contributed by atoms with Crippen molar-refractivity contribution in [3.8, 4) is 0 Å². The van der Waals surface area contributed by atoms with Crippen molar-refractivity contribution < 1.29 is 19.4 Å². The van der Waals surface area contributed by atoms with Crippen LogP contribution in [0.25, 0.3) is 6.08 Å². The number of benzene rings is 3. The first-order valence-corrected chi connectivity index (χ1v) is 14.3. The molecule has 5 rings (SSSR count). The van der Waals surface area contributed by atoms with Gasteiger partial charge in [0.25, 0.3) is 0 Å². The summed E-state index contributed by atoms with van der Waals surface area (Å²) in [5, 5.41) is 16.9. The number of nitrogens with zero attached hydrogens (tertiary/aromatic N) is 1. The van der Waals surface area contributed by atoms with Gasteiger partial charge in [0, 0.05) is 29.3 Å². The fourth-order valence-electron chi connectivity index (χ4n) is 4.85. The maximum Gasteiger partial charge on any atom is 0.331 e. The molecule has 1 fully saturated rings. The lowest BCUT2D eigenvalue weighted by Gasteiger charge is -2.34. The van der Waals surface area contributed by atoms with Crippen LogP contribution in [0.1, 0.15) is 30.0 Å². The van der Waals surface area contributed by atoms with Crippen molar-refractivity contribution in [2.75, 3.05) is 12.8 Å². The van der Waals surface area contributed by atoms with Crippen LogP contribution in [0.5, 0.6) is 0 Å². The third-order valence-corrected chi connectivity index (χ3v) is 9.20. The second-order valence-corrected chi connectivity index (χ2v) is 11.2. The minimum absolute atomic E-state index is 0.246. The maximum atomic E-state index is 12.6. The highest BCUT2D eigenvalue weighted by atomic mass is 31.1. The summed E-state index contributed by atoms with van der Waals surface area (Å²) in [4.78, 5) is 22.6. The molecule has 1 aliphatic rings. The standard InChI is InChI=1S/C26H25O2P.C6H6N2O2/c1-2-28-25(27)20-24-26(21-12-6-3-7-13-21,22-14-8-4-9-15-22)18-19-29(24)23-16-10-5-11-17-23;9-6(10)2-1-5-3-7-8-4-5/h3-17,20H,2,18-19H2,1H3;1-4H,(H,7,8)(H,9,10)/b24-20+;2-1+. The molecular formula is C32H31N2O4P. The topological polar surface area (TPSA) is 92.3 Å². The first-order valence-electron chi connectivity index (χ1n) is 12.8. The third-order valence-electron chi connectivity index (χ3n) is 6.52. The number of aromatic nitrogens is 2. The van der Waals surface area contributed by atoms with Crippen molar-refractivity contribution in [3.05, 3.63) is 138 Å². The minimum Gasteiger partial charge on any atom is -0.478 e. The van der Waals surface area contributed by atoms with Gasteiger partial charge in [0.05, 0.1) is 12.8 Å². The largest absolute Gasteiger partial charge is 0.478 e. The zero-order valence-corrected chi connectivity index (χ0v) is 22.6. The smallest absolute Gasteiger partial charge is 0.331 e. The molecule has 1 atom stereocenters. The van der Waals surface area contributed by atoms with Crippen molar-refractivity contribution in [1.82, 2.24) is 10.2 Å². The fourth-order valence-corrected chi connectivity index (χ4v) is 7.81. The number of carboxylic acids is 1. The number of esters is 1. The summed E-state index contributed by atoms with van der Waals surface area (Å²) in [6.07, 6.45) is 9.49. The van der Waals surface area contributed by atoms with E-state index in [4.69, 9.17) is 9.84 Å². The van der Waals surface area contributed by atoms with Gasteiger partial charge in [-0.1, -0.05) is 91.0 Å². The van der Waals surface area contributed by atoms with E-state index in [0.29, 0.717) is 6.61 Å². The predicted octanol–water partition coefficient (Wildman–Crippen LogP) is 6.14. The van der Waals surface area contributed by atoms with E-state index in [2.05, 4.69) is 83.0 Å². The quantitative estimate of drug-likeness (QED) is 0.168. The van der Waals surface area contributed by atoms with Crippen LogP contribution in [0.15, 0.2) is 121 Å². The Kier molecular flexibility index (Phi) is 9.60. The Balaban J connectivity index is 0.000000298. The highest BCUT2D eigenvalue weighted by molar-refractivity contribution is 7.70. The van der Waals surface area contributed by atoms with Gasteiger partial charge in [0.1, 0.15) is 0 Å². The Labute approximate surface area is 229 Å². The van der Waals surface area contributed by atoms with E-state index in [0.717, 1.165) is 24.2 Å². The molecule has 4 aromatic rings. The number of carbonyl (C=O) groups is 2. The van der Waals surface area contributed by atoms with Gasteiger partial charge < -0.3 is 9.84 Å². The lowest BCUT2D eigenvalue weighted by molar-refractivity contribution is -0.137. The first kappa shape index (κ1) is 27.7. The second kappa shape index (κ2) is 13.5. The Hall–Kier alpha value is -4.28. The van der Waals surface area contributed by atoms with Crippen LogP contribution in [0.4, 0.5) is 0 Å². The molecule has 3 aromatic carbocycles. The van der Waals surface area contributed by atoms with Gasteiger partial charge in [-0.25, -0.2) is 9.59 Å². The number of hydrogen-bond donors (Lipinski definition) is 2. The van der Waals surface area contributed by atoms with Crippen LogP contribution in [-0.2, 0) is 19.7 Å². The molecule has 0 aliphatic carbocycles. The van der Waals surface area contributed by atoms with E-state index in [1.165, 1.54) is 27.8 Å². The Morgan fingerprint density at radius 1 is 0.974 bits per heavy atom. The second-order valence-electron chi connectivity index (χ2n) is 8.86. The SMILES string of the molecule is CCOC(=O)/C=C1/P(c2ccccc2)CCC1(c1ccccc1)c1ccccc1.O=C(O)/C=C/c1cn[nH]c1. The molecule has 6 nitrogen and oxygen atoms in total. The highest BCUT2D eigenvalue weighted by Gasteiger charge is 2.47. The van der Waals surface area contributed by atoms with Crippen LogP contribution < -0.4 is 5.30 Å². The molecular weight excluding hydrogens is 507 g/mol. The number of carbonyl (C=O) groups excluding carboxylic acids is 1. The number of nitrogens with one attached hydrogen (secondary N) is 1. The predicted molar refractivity (Wildman–Crippen MR) is 156 cm³/mol. The Morgan fingerprint density at radius 2 is 1.56 bits per heavy atom. The van der Waals surface area contributed by atoms with Gasteiger partial charge in [-0.3, -0.25) is 5.10 Å². The molecule has 198 valence electrons. The average Bonchev–Trinajstić information content (AvgIpc) is 3.63. The highest BCUT2D eigenvalue weighted by Crippen LogP contribution is 2.64. The number of rotatable bonds is 7. The molecule has 0 radical (unpaired) electrons. The van der Waals surface area contributed by atoms with Crippen LogP contribution in [0.3, 0.4) is 0 Å². The molecule has 1 unspecified atom stereocenters. The van der Waals surface area contributed by atoms with Gasteiger partial charge in [-0.05, 0) is 55.2 Å². The molecule has 0 spiro atoms. The lowest BCUT2D eigenvalue weighted by Crippen LogP contribution is -2.27. The van der Waals surface area contributed by atoms with E-state index in [-0.39, 0.29) is 11.4 Å². The summed E-state index contributed by atoms with van der Waals surface area (Å²) in [5.74, 6) is -1.20. The molecule has 0 amide bonds. The van der Waals surface area contributed by atoms with Crippen LogP contribution in [0, 0.1) is 0 Å². The molecule has 1 aliphatic heterocycles. The summed E-state index contributed by atoms with van der Waals surface area (Å²) in [6, 6.07) is 31.8. The van der Waals surface area contributed by atoms with E-state index in [1.54, 1.807) is 18.5 Å². The van der Waals surface area contributed by atoms with Gasteiger partial charge in [0.2, 0.25) is 0 Å². The molecule has 39 heavy (non-hydrogen) atoms. The van der Waals surface area contributed by atoms with Gasteiger partial charge in [0.15, 0.2) is 0 Å². The van der Waals surface area contributed by atoms with Crippen molar-refractivity contribution in [3.63, 3.8) is 0 Å². The third kappa shape index (κ3) is 6.78. The van der Waals surface area contributed by atoms with E-state index < -0.39 is 13.9 Å². The number of H-pyrrole nitrogens is 1. The number of aliphatic carboxylic acids is 1. The number of carboxylic acid groups (broad SMARTS) is 1. The Morgan fingerprint density at radius 3 is 2.08 bits per heavy atom. The van der Waals surface area contributed by atoms with Gasteiger partial charge in [-0.15, -0.1) is 0 Å². The number of ether oxygens (including phenoxy) is 1. The molecule has 0 saturated carbocycles. The molecule has 2 N–H and O–H groups in total. The van der Waals surface area contributed by atoms with E-state index >= 15 is 0 Å². The fraction of sp³-hybridized carbons (Fsp3) is 0.156. The Bertz CT molecular complexity index is 1360. The zero-order chi connectivity index (χ0) is 27.5. The van der Waals surface area contributed by atoms with Crippen LogP contribution >= 0.6 is 7.92 Å². The molecule has 1 saturated heterocycles.